The molecule has 0 radical (unpaired) electrons. The van der Waals surface area contributed by atoms with Gasteiger partial charge in [-0.15, -0.1) is 0 Å². The molecular weight excluding hydrogens is 272 g/mol. The zero-order valence-electron chi connectivity index (χ0n) is 11.6. The normalized spacial score (nSPS) is 19.8. The third-order valence-corrected chi connectivity index (χ3v) is 5.73. The molecule has 1 aromatic carbocycles. The smallest absolute Gasteiger partial charge is 0.240 e. The zero-order valence-corrected chi connectivity index (χ0v) is 12.5. The predicted octanol–water partition coefficient (Wildman–Crippen LogP) is 2.02. The fourth-order valence-electron chi connectivity index (χ4n) is 2.46. The summed E-state index contributed by atoms with van der Waals surface area (Å²) in [4.78, 5) is 0.424. The van der Waals surface area contributed by atoms with Gasteiger partial charge in [-0.25, -0.2) is 13.1 Å². The molecule has 0 amide bonds. The summed E-state index contributed by atoms with van der Waals surface area (Å²) in [5.41, 5.74) is 0.862. The summed E-state index contributed by atoms with van der Waals surface area (Å²) in [6.45, 7) is 1.21. The van der Waals surface area contributed by atoms with E-state index in [4.69, 9.17) is 0 Å². The topological polar surface area (TPSA) is 58.2 Å². The quantitative estimate of drug-likeness (QED) is 0.809. The van der Waals surface area contributed by atoms with Crippen molar-refractivity contribution in [1.82, 2.24) is 10.0 Å². The lowest BCUT2D eigenvalue weighted by molar-refractivity contribution is 0.316. The van der Waals surface area contributed by atoms with Crippen molar-refractivity contribution < 1.29 is 8.42 Å². The van der Waals surface area contributed by atoms with Gasteiger partial charge in [0.2, 0.25) is 10.0 Å². The van der Waals surface area contributed by atoms with E-state index in [0.717, 1.165) is 18.4 Å². The fourth-order valence-corrected chi connectivity index (χ4v) is 3.81. The highest BCUT2D eigenvalue weighted by atomic mass is 32.2. The van der Waals surface area contributed by atoms with E-state index in [2.05, 4.69) is 10.0 Å². The van der Waals surface area contributed by atoms with Crippen molar-refractivity contribution in [3.8, 4) is 0 Å². The lowest BCUT2D eigenvalue weighted by atomic mass is 9.86. The maximum atomic E-state index is 12.4. The highest BCUT2D eigenvalue weighted by Crippen LogP contribution is 2.26. The van der Waals surface area contributed by atoms with Gasteiger partial charge in [0.15, 0.2) is 0 Å². The first-order valence-corrected chi connectivity index (χ1v) is 8.94. The van der Waals surface area contributed by atoms with Crippen LogP contribution in [0.1, 0.15) is 37.7 Å². The second-order valence-corrected chi connectivity index (χ2v) is 7.65. The van der Waals surface area contributed by atoms with Crippen LogP contribution in [0.4, 0.5) is 0 Å². The zero-order chi connectivity index (χ0) is 14.0. The maximum Gasteiger partial charge on any atom is 0.240 e. The van der Waals surface area contributed by atoms with Gasteiger partial charge in [0.05, 0.1) is 4.90 Å². The van der Waals surface area contributed by atoms with Gasteiger partial charge in [-0.1, -0.05) is 24.6 Å². The van der Waals surface area contributed by atoms with Gasteiger partial charge in [-0.2, -0.15) is 0 Å². The molecule has 0 aliphatic heterocycles. The van der Waals surface area contributed by atoms with Gasteiger partial charge in [-0.05, 0) is 43.2 Å². The fraction of sp³-hybridized carbons (Fsp3) is 0.600. The van der Waals surface area contributed by atoms with Crippen LogP contribution in [0.3, 0.4) is 0 Å². The van der Waals surface area contributed by atoms with Crippen molar-refractivity contribution in [3.05, 3.63) is 29.8 Å². The molecule has 2 aliphatic rings. The molecule has 2 saturated carbocycles. The highest BCUT2D eigenvalue weighted by molar-refractivity contribution is 7.89. The Kier molecular flexibility index (Phi) is 4.10. The van der Waals surface area contributed by atoms with Crippen molar-refractivity contribution >= 4 is 10.0 Å². The minimum absolute atomic E-state index is 0.424. The molecule has 20 heavy (non-hydrogen) atoms. The lowest BCUT2D eigenvalue weighted by Crippen LogP contribution is -2.33. The molecule has 0 saturated heterocycles. The average molecular weight is 294 g/mol. The second-order valence-electron chi connectivity index (χ2n) is 5.91. The van der Waals surface area contributed by atoms with Crippen LogP contribution in [0.2, 0.25) is 0 Å². The van der Waals surface area contributed by atoms with Crippen LogP contribution in [-0.2, 0) is 16.6 Å². The number of benzene rings is 1. The number of nitrogens with one attached hydrogen (secondary N) is 2. The van der Waals surface area contributed by atoms with Crippen LogP contribution in [-0.4, -0.2) is 21.0 Å². The van der Waals surface area contributed by atoms with Crippen molar-refractivity contribution in [2.45, 2.75) is 49.6 Å². The Morgan fingerprint density at radius 3 is 2.50 bits per heavy atom. The van der Waals surface area contributed by atoms with E-state index in [1.807, 2.05) is 12.1 Å². The molecule has 5 heteroatoms. The Labute approximate surface area is 121 Å². The molecule has 0 spiro atoms. The van der Waals surface area contributed by atoms with E-state index in [1.165, 1.54) is 19.3 Å². The Hall–Kier alpha value is -0.910. The van der Waals surface area contributed by atoms with Crippen molar-refractivity contribution in [1.29, 1.82) is 0 Å². The molecule has 4 nitrogen and oxygen atoms in total. The summed E-state index contributed by atoms with van der Waals surface area (Å²) in [5, 5.41) is 3.38. The first kappa shape index (κ1) is 14.0. The largest absolute Gasteiger partial charge is 0.310 e. The molecule has 0 atom stereocenters. The van der Waals surface area contributed by atoms with E-state index in [9.17, 15) is 8.42 Å². The standard InChI is InChI=1S/C15H22N2O2S/c18-20(19,17-10-12-4-3-5-12)15-7-2-1-6-13(15)11-16-14-8-9-14/h1-2,6-7,12,14,16-17H,3-5,8-11H2. The first-order valence-electron chi connectivity index (χ1n) is 7.46. The van der Waals surface area contributed by atoms with Crippen LogP contribution in [0.25, 0.3) is 0 Å². The molecule has 2 fully saturated rings. The van der Waals surface area contributed by atoms with E-state index in [1.54, 1.807) is 12.1 Å². The number of hydrogen-bond acceptors (Lipinski definition) is 3. The van der Waals surface area contributed by atoms with E-state index < -0.39 is 10.0 Å². The second kappa shape index (κ2) is 5.84. The summed E-state index contributed by atoms with van der Waals surface area (Å²) < 4.78 is 27.6. The van der Waals surface area contributed by atoms with Crippen molar-refractivity contribution in [2.75, 3.05) is 6.54 Å². The summed E-state index contributed by atoms with van der Waals surface area (Å²) in [6, 6.07) is 7.86. The van der Waals surface area contributed by atoms with Crippen LogP contribution < -0.4 is 10.0 Å². The van der Waals surface area contributed by atoms with Gasteiger partial charge in [0, 0.05) is 19.1 Å². The third-order valence-electron chi connectivity index (χ3n) is 4.21. The number of sulfonamides is 1. The molecule has 2 N–H and O–H groups in total. The monoisotopic (exact) mass is 294 g/mol. The molecule has 110 valence electrons. The maximum absolute atomic E-state index is 12.4. The van der Waals surface area contributed by atoms with Gasteiger partial charge in [0.1, 0.15) is 0 Å². The summed E-state index contributed by atoms with van der Waals surface area (Å²) >= 11 is 0. The van der Waals surface area contributed by atoms with E-state index in [0.29, 0.717) is 29.9 Å². The SMILES string of the molecule is O=S(=O)(NCC1CCC1)c1ccccc1CNC1CC1. The molecular formula is C15H22N2O2S. The average Bonchev–Trinajstić information content (AvgIpc) is 3.18. The van der Waals surface area contributed by atoms with E-state index >= 15 is 0 Å². The minimum atomic E-state index is -3.38. The van der Waals surface area contributed by atoms with Crippen LogP contribution in [0.5, 0.6) is 0 Å². The third kappa shape index (κ3) is 3.40. The Balaban J connectivity index is 1.69. The number of hydrogen-bond donors (Lipinski definition) is 2. The summed E-state index contributed by atoms with van der Waals surface area (Å²) in [7, 11) is -3.38. The number of rotatable bonds is 7. The molecule has 0 aromatic heterocycles. The van der Waals surface area contributed by atoms with Crippen LogP contribution >= 0.6 is 0 Å². The van der Waals surface area contributed by atoms with Gasteiger partial charge in [-0.3, -0.25) is 0 Å². The molecule has 0 unspecified atom stereocenters. The van der Waals surface area contributed by atoms with Crippen LogP contribution in [0, 0.1) is 5.92 Å². The Morgan fingerprint density at radius 1 is 1.10 bits per heavy atom. The van der Waals surface area contributed by atoms with Crippen LogP contribution in [0.15, 0.2) is 29.2 Å². The molecule has 0 heterocycles. The molecule has 1 aromatic rings. The Bertz CT molecular complexity index is 563. The summed E-state index contributed by atoms with van der Waals surface area (Å²) in [6.07, 6.45) is 5.93. The van der Waals surface area contributed by atoms with E-state index in [-0.39, 0.29) is 0 Å². The molecule has 3 rings (SSSR count). The highest BCUT2D eigenvalue weighted by Gasteiger charge is 2.24. The van der Waals surface area contributed by atoms with Gasteiger partial charge < -0.3 is 5.32 Å². The van der Waals surface area contributed by atoms with Gasteiger partial charge in [0.25, 0.3) is 0 Å². The lowest BCUT2D eigenvalue weighted by Gasteiger charge is -2.25. The molecule has 0 bridgehead atoms. The minimum Gasteiger partial charge on any atom is -0.310 e. The predicted molar refractivity (Wildman–Crippen MR) is 78.8 cm³/mol. The molecule has 2 aliphatic carbocycles. The van der Waals surface area contributed by atoms with Gasteiger partial charge >= 0.3 is 0 Å². The Morgan fingerprint density at radius 2 is 1.85 bits per heavy atom. The van der Waals surface area contributed by atoms with Crippen molar-refractivity contribution in [2.24, 2.45) is 5.92 Å². The summed E-state index contributed by atoms with van der Waals surface area (Å²) in [5.74, 6) is 0.529. The van der Waals surface area contributed by atoms with Crippen molar-refractivity contribution in [3.63, 3.8) is 0 Å². The first-order chi connectivity index (χ1) is 9.65.